The van der Waals surface area contributed by atoms with Gasteiger partial charge >= 0.3 is 0 Å². The van der Waals surface area contributed by atoms with Crippen molar-refractivity contribution in [1.82, 2.24) is 14.9 Å². The number of aliphatic hydroxyl groups excluding tert-OH is 1. The largest absolute Gasteiger partial charge is 0.390 e. The molecule has 0 bridgehead atoms. The first-order valence-electron chi connectivity index (χ1n) is 6.42. The van der Waals surface area contributed by atoms with Crippen molar-refractivity contribution in [2.75, 3.05) is 31.1 Å². The molecule has 18 heavy (non-hydrogen) atoms. The molecule has 0 amide bonds. The normalized spacial score (nSPS) is 18.1. The average molecular weight is 250 g/mol. The van der Waals surface area contributed by atoms with Gasteiger partial charge in [-0.1, -0.05) is 0 Å². The monoisotopic (exact) mass is 250 g/mol. The quantitative estimate of drug-likeness (QED) is 0.845. The number of piperazine rings is 1. The topological polar surface area (TPSA) is 52.5 Å². The van der Waals surface area contributed by atoms with Crippen LogP contribution in [-0.4, -0.2) is 51.7 Å². The second-order valence-corrected chi connectivity index (χ2v) is 5.67. The molecule has 1 N–H and O–H groups in total. The molecule has 100 valence electrons. The van der Waals surface area contributed by atoms with Gasteiger partial charge in [0.15, 0.2) is 0 Å². The highest BCUT2D eigenvalue weighted by molar-refractivity contribution is 5.37. The van der Waals surface area contributed by atoms with Gasteiger partial charge in [-0.15, -0.1) is 0 Å². The third-order valence-corrected chi connectivity index (χ3v) is 3.39. The first kappa shape index (κ1) is 13.2. The standard InChI is InChI=1S/C13H22N4O/c1-13(2,3)17-6-4-16(5-7-17)12-9-14-8-11(10-18)15-12/h8-9,18H,4-7,10H2,1-3H3. The summed E-state index contributed by atoms with van der Waals surface area (Å²) in [7, 11) is 0. The Labute approximate surface area is 108 Å². The smallest absolute Gasteiger partial charge is 0.147 e. The zero-order valence-corrected chi connectivity index (χ0v) is 11.4. The van der Waals surface area contributed by atoms with Crippen molar-refractivity contribution in [3.8, 4) is 0 Å². The molecule has 5 heteroatoms. The Morgan fingerprint density at radius 3 is 2.39 bits per heavy atom. The summed E-state index contributed by atoms with van der Waals surface area (Å²) in [4.78, 5) is 13.2. The summed E-state index contributed by atoms with van der Waals surface area (Å²) in [6.45, 7) is 10.7. The SMILES string of the molecule is CC(C)(C)N1CCN(c2cncc(CO)n2)CC1. The lowest BCUT2D eigenvalue weighted by molar-refractivity contribution is 0.128. The van der Waals surface area contributed by atoms with Crippen LogP contribution in [0.4, 0.5) is 5.82 Å². The molecule has 1 fully saturated rings. The lowest BCUT2D eigenvalue weighted by atomic mass is 10.1. The fraction of sp³-hybridized carbons (Fsp3) is 0.692. The van der Waals surface area contributed by atoms with E-state index in [1.165, 1.54) is 0 Å². The third-order valence-electron chi connectivity index (χ3n) is 3.39. The fourth-order valence-corrected chi connectivity index (χ4v) is 2.23. The summed E-state index contributed by atoms with van der Waals surface area (Å²) in [5.74, 6) is 0.870. The van der Waals surface area contributed by atoms with Crippen LogP contribution in [0, 0.1) is 0 Å². The molecule has 5 nitrogen and oxygen atoms in total. The van der Waals surface area contributed by atoms with Crippen LogP contribution in [0.3, 0.4) is 0 Å². The molecular formula is C13H22N4O. The maximum absolute atomic E-state index is 9.08. The molecule has 1 aromatic heterocycles. The van der Waals surface area contributed by atoms with Gasteiger partial charge in [0, 0.05) is 31.7 Å². The van der Waals surface area contributed by atoms with Crippen molar-refractivity contribution in [1.29, 1.82) is 0 Å². The molecule has 1 aromatic rings. The third kappa shape index (κ3) is 2.97. The van der Waals surface area contributed by atoms with Gasteiger partial charge in [-0.3, -0.25) is 9.88 Å². The van der Waals surface area contributed by atoms with Crippen molar-refractivity contribution >= 4 is 5.82 Å². The lowest BCUT2D eigenvalue weighted by Crippen LogP contribution is -2.53. The number of rotatable bonds is 2. The predicted octanol–water partition coefficient (Wildman–Crippen LogP) is 0.889. The minimum Gasteiger partial charge on any atom is -0.390 e. The molecule has 0 aromatic carbocycles. The van der Waals surface area contributed by atoms with Crippen LogP contribution in [-0.2, 0) is 6.61 Å². The van der Waals surface area contributed by atoms with Gasteiger partial charge in [0.05, 0.1) is 24.7 Å². The van der Waals surface area contributed by atoms with Gasteiger partial charge in [-0.05, 0) is 20.8 Å². The van der Waals surface area contributed by atoms with Gasteiger partial charge in [-0.25, -0.2) is 4.98 Å². The van der Waals surface area contributed by atoms with Crippen molar-refractivity contribution in [3.63, 3.8) is 0 Å². The molecule has 0 spiro atoms. The summed E-state index contributed by atoms with van der Waals surface area (Å²) in [6.07, 6.45) is 3.38. The number of anilines is 1. The first-order chi connectivity index (χ1) is 8.50. The van der Waals surface area contributed by atoms with Gasteiger partial charge < -0.3 is 10.0 Å². The Kier molecular flexibility index (Phi) is 3.82. The fourth-order valence-electron chi connectivity index (χ4n) is 2.23. The molecular weight excluding hydrogens is 228 g/mol. The van der Waals surface area contributed by atoms with E-state index in [4.69, 9.17) is 5.11 Å². The Morgan fingerprint density at radius 1 is 1.17 bits per heavy atom. The van der Waals surface area contributed by atoms with Crippen LogP contribution in [0.1, 0.15) is 26.5 Å². The van der Waals surface area contributed by atoms with Crippen LogP contribution < -0.4 is 4.90 Å². The molecule has 2 rings (SSSR count). The maximum atomic E-state index is 9.08. The Hall–Kier alpha value is -1.20. The lowest BCUT2D eigenvalue weighted by Gasteiger charge is -2.42. The van der Waals surface area contributed by atoms with E-state index < -0.39 is 0 Å². The summed E-state index contributed by atoms with van der Waals surface area (Å²) in [5.41, 5.74) is 0.857. The number of nitrogens with zero attached hydrogens (tertiary/aromatic N) is 4. The Morgan fingerprint density at radius 2 is 1.83 bits per heavy atom. The van der Waals surface area contributed by atoms with Crippen LogP contribution in [0.5, 0.6) is 0 Å². The number of hydrogen-bond acceptors (Lipinski definition) is 5. The molecule has 0 radical (unpaired) electrons. The molecule has 0 aliphatic carbocycles. The van der Waals surface area contributed by atoms with E-state index in [1.54, 1.807) is 12.4 Å². The molecule has 0 saturated carbocycles. The minimum atomic E-state index is -0.0528. The zero-order chi connectivity index (χ0) is 13.2. The number of hydrogen-bond donors (Lipinski definition) is 1. The molecule has 0 unspecified atom stereocenters. The van der Waals surface area contributed by atoms with E-state index in [0.717, 1.165) is 32.0 Å². The van der Waals surface area contributed by atoms with Crippen LogP contribution >= 0.6 is 0 Å². The van der Waals surface area contributed by atoms with Crippen molar-refractivity contribution in [2.45, 2.75) is 32.9 Å². The van der Waals surface area contributed by atoms with Crippen LogP contribution in [0.2, 0.25) is 0 Å². The molecule has 0 atom stereocenters. The predicted molar refractivity (Wildman–Crippen MR) is 71.5 cm³/mol. The van der Waals surface area contributed by atoms with E-state index in [-0.39, 0.29) is 12.1 Å². The molecule has 1 saturated heterocycles. The Bertz CT molecular complexity index is 394. The number of aromatic nitrogens is 2. The van der Waals surface area contributed by atoms with Gasteiger partial charge in [0.1, 0.15) is 5.82 Å². The van der Waals surface area contributed by atoms with Crippen molar-refractivity contribution in [2.24, 2.45) is 0 Å². The van der Waals surface area contributed by atoms with Crippen LogP contribution in [0.15, 0.2) is 12.4 Å². The van der Waals surface area contributed by atoms with E-state index in [9.17, 15) is 0 Å². The molecule has 1 aliphatic heterocycles. The zero-order valence-electron chi connectivity index (χ0n) is 11.4. The Balaban J connectivity index is 2.01. The second kappa shape index (κ2) is 5.20. The average Bonchev–Trinajstić information content (AvgIpc) is 2.38. The minimum absolute atomic E-state index is 0.0528. The molecule has 2 heterocycles. The highest BCUT2D eigenvalue weighted by Gasteiger charge is 2.26. The summed E-state index contributed by atoms with van der Waals surface area (Å²) < 4.78 is 0. The van der Waals surface area contributed by atoms with Crippen molar-refractivity contribution < 1.29 is 5.11 Å². The van der Waals surface area contributed by atoms with E-state index in [0.29, 0.717) is 5.69 Å². The highest BCUT2D eigenvalue weighted by Crippen LogP contribution is 2.18. The van der Waals surface area contributed by atoms with E-state index in [2.05, 4.69) is 40.5 Å². The van der Waals surface area contributed by atoms with Crippen molar-refractivity contribution in [3.05, 3.63) is 18.1 Å². The summed E-state index contributed by atoms with van der Waals surface area (Å²) in [5, 5.41) is 9.08. The summed E-state index contributed by atoms with van der Waals surface area (Å²) in [6, 6.07) is 0. The highest BCUT2D eigenvalue weighted by atomic mass is 16.3. The second-order valence-electron chi connectivity index (χ2n) is 5.67. The van der Waals surface area contributed by atoms with E-state index in [1.807, 2.05) is 0 Å². The molecule has 1 aliphatic rings. The van der Waals surface area contributed by atoms with Gasteiger partial charge in [-0.2, -0.15) is 0 Å². The number of aliphatic hydroxyl groups is 1. The van der Waals surface area contributed by atoms with Crippen LogP contribution in [0.25, 0.3) is 0 Å². The maximum Gasteiger partial charge on any atom is 0.147 e. The van der Waals surface area contributed by atoms with E-state index >= 15 is 0 Å². The van der Waals surface area contributed by atoms with Gasteiger partial charge in [0.25, 0.3) is 0 Å². The first-order valence-corrected chi connectivity index (χ1v) is 6.42. The summed E-state index contributed by atoms with van der Waals surface area (Å²) >= 11 is 0. The van der Waals surface area contributed by atoms with Gasteiger partial charge in [0.2, 0.25) is 0 Å².